The monoisotopic (exact) mass is 1330 g/mol. The summed E-state index contributed by atoms with van der Waals surface area (Å²) in [4.78, 5) is 10.0. The first-order chi connectivity index (χ1) is 47.8. The fourth-order valence-electron chi connectivity index (χ4n) is 14.8. The largest absolute Gasteiger partial charge is 0.311 e. The minimum atomic E-state index is -0.447. The molecule has 0 spiro atoms. The number of benzene rings is 11. The van der Waals surface area contributed by atoms with Crippen molar-refractivity contribution in [3.8, 4) is 11.1 Å². The van der Waals surface area contributed by atoms with Crippen molar-refractivity contribution in [2.45, 2.75) is 190 Å². The molecule has 12 rings (SSSR count). The molecule has 11 aromatic rings. The van der Waals surface area contributed by atoms with Crippen LogP contribution in [0.25, 0.3) is 32.7 Å². The van der Waals surface area contributed by atoms with Crippen molar-refractivity contribution in [1.29, 1.82) is 0 Å². The Morgan fingerprint density at radius 1 is 0.337 bits per heavy atom. The van der Waals surface area contributed by atoms with E-state index in [2.05, 4.69) is 408 Å². The molecular formula is C97H108N4. The summed E-state index contributed by atoms with van der Waals surface area (Å²) in [5.74, 6) is 1.09. The summed E-state index contributed by atoms with van der Waals surface area (Å²) >= 11 is 0. The minimum absolute atomic E-state index is 0.00515. The van der Waals surface area contributed by atoms with Gasteiger partial charge in [-0.2, -0.15) is 0 Å². The van der Waals surface area contributed by atoms with E-state index < -0.39 is 5.41 Å². The number of hydrogen-bond donors (Lipinski definition) is 0. The summed E-state index contributed by atoms with van der Waals surface area (Å²) in [6.45, 7) is 52.6. The van der Waals surface area contributed by atoms with E-state index in [1.54, 1.807) is 0 Å². The van der Waals surface area contributed by atoms with Gasteiger partial charge in [-0.3, -0.25) is 0 Å². The van der Waals surface area contributed by atoms with Crippen LogP contribution in [0.2, 0.25) is 0 Å². The van der Waals surface area contributed by atoms with Crippen LogP contribution in [0.15, 0.2) is 255 Å². The van der Waals surface area contributed by atoms with Crippen molar-refractivity contribution in [1.82, 2.24) is 0 Å². The topological polar surface area (TPSA) is 13.0 Å². The van der Waals surface area contributed by atoms with Gasteiger partial charge in [0, 0.05) is 83.8 Å². The molecule has 11 aromatic carbocycles. The summed E-state index contributed by atoms with van der Waals surface area (Å²) in [6.07, 6.45) is 8.35. The van der Waals surface area contributed by atoms with Crippen molar-refractivity contribution < 1.29 is 0 Å². The van der Waals surface area contributed by atoms with Gasteiger partial charge in [0.05, 0.1) is 11.4 Å². The van der Waals surface area contributed by atoms with Gasteiger partial charge in [0.1, 0.15) is 0 Å². The molecule has 1 aliphatic carbocycles. The normalized spacial score (nSPS) is 13.4. The zero-order chi connectivity index (χ0) is 72.4. The van der Waals surface area contributed by atoms with E-state index in [1.165, 1.54) is 61.2 Å². The highest BCUT2D eigenvalue weighted by Crippen LogP contribution is 2.58. The van der Waals surface area contributed by atoms with Crippen LogP contribution in [0.1, 0.15) is 213 Å². The predicted molar refractivity (Wildman–Crippen MR) is 442 cm³/mol. The van der Waals surface area contributed by atoms with Crippen LogP contribution in [-0.2, 0) is 27.1 Å². The summed E-state index contributed by atoms with van der Waals surface area (Å²) < 4.78 is 0. The molecular weight excluding hydrogens is 1220 g/mol. The van der Waals surface area contributed by atoms with Crippen LogP contribution in [0.4, 0.5) is 62.6 Å². The van der Waals surface area contributed by atoms with Gasteiger partial charge < -0.3 is 19.6 Å². The molecule has 1 aliphatic rings. The molecule has 0 fully saturated rings. The van der Waals surface area contributed by atoms with Gasteiger partial charge in [0.2, 0.25) is 0 Å². The lowest BCUT2D eigenvalue weighted by molar-refractivity contribution is 0.590. The summed E-state index contributed by atoms with van der Waals surface area (Å²) in [6, 6.07) is 85.1. The van der Waals surface area contributed by atoms with Gasteiger partial charge in [-0.15, -0.1) is 0 Å². The average Bonchev–Trinajstić information content (AvgIpc) is 1.66. The molecule has 0 heterocycles. The molecule has 101 heavy (non-hydrogen) atoms. The summed E-state index contributed by atoms with van der Waals surface area (Å²) in [5.41, 5.74) is 26.6. The Morgan fingerprint density at radius 3 is 1.02 bits per heavy atom. The fourth-order valence-corrected chi connectivity index (χ4v) is 14.8. The van der Waals surface area contributed by atoms with E-state index in [0.717, 1.165) is 89.8 Å². The standard InChI is InChI=1S/C97H108N4/c1-23-25-73(26-24-2)98(75-47-33-69(34-48-75)93(9,10)11)82-55-57-83-85-61-87-88(62-90(85)97(21,22)89(83)60-82)91(100(77-43-29-67(30-44-77)64(5)6)79-51-37-71(38-52-79)95(15,16)17)84-58-56-81(99(74-41-27-66(28-42-74)63(3)4)76-49-35-70(36-50-76)94(12,13)14)59-86(84)92(87)101(78-45-31-68(32-46-78)65(7)8)80-53-39-72(40-54-80)96(18,19)20/h23-65H,1H2,2-22H3/b26-24-,73-25+. The third kappa shape index (κ3) is 14.0. The Hall–Kier alpha value is -9.64. The van der Waals surface area contributed by atoms with Crippen molar-refractivity contribution >= 4 is 84.1 Å². The lowest BCUT2D eigenvalue weighted by Gasteiger charge is -2.35. The fraction of sp³-hybridized carbons (Fsp3) is 0.299. The molecule has 0 amide bonds. The first-order valence-electron chi connectivity index (χ1n) is 36.9. The predicted octanol–water partition coefficient (Wildman–Crippen LogP) is 29.1. The summed E-state index contributed by atoms with van der Waals surface area (Å²) in [5, 5.41) is 4.55. The Balaban J connectivity index is 1.26. The zero-order valence-corrected chi connectivity index (χ0v) is 64.3. The van der Waals surface area contributed by atoms with E-state index in [0.29, 0.717) is 17.8 Å². The Bertz CT molecular complexity index is 4870. The second kappa shape index (κ2) is 27.4. The maximum absolute atomic E-state index is 4.23. The average molecular weight is 1330 g/mol. The van der Waals surface area contributed by atoms with Gasteiger partial charge in [0.15, 0.2) is 0 Å². The highest BCUT2D eigenvalue weighted by molar-refractivity contribution is 6.25. The molecule has 0 aliphatic heterocycles. The SMILES string of the molecule is C=C/C=C(\C=C/C)N(c1ccc(C(C)(C)C)cc1)c1ccc2c(c1)C(C)(C)c1cc3c(N(c4ccc(C(C)C)cc4)c4ccc(C(C)(C)C)cc4)c4ccc(N(c5ccc(C(C)C)cc5)c5ccc(C(C)(C)C)cc5)cc4c(N(c4ccc(C(C)C)cc4)c4ccc(C(C)(C)C)cc4)c3cc1-2. The quantitative estimate of drug-likeness (QED) is 0.0512. The third-order valence-corrected chi connectivity index (χ3v) is 21.1. The van der Waals surface area contributed by atoms with Crippen LogP contribution in [0.5, 0.6) is 0 Å². The molecule has 0 atom stereocenters. The maximum Gasteiger partial charge on any atom is 0.0620 e. The highest BCUT2D eigenvalue weighted by Gasteiger charge is 2.39. The highest BCUT2D eigenvalue weighted by atomic mass is 15.2. The van der Waals surface area contributed by atoms with E-state index in [9.17, 15) is 0 Å². The van der Waals surface area contributed by atoms with Crippen LogP contribution < -0.4 is 19.6 Å². The molecule has 0 bridgehead atoms. The van der Waals surface area contributed by atoms with Crippen molar-refractivity contribution in [3.63, 3.8) is 0 Å². The van der Waals surface area contributed by atoms with Gasteiger partial charge in [0.25, 0.3) is 0 Å². The number of rotatable bonds is 17. The van der Waals surface area contributed by atoms with E-state index in [1.807, 2.05) is 6.08 Å². The molecule has 0 aromatic heterocycles. The Kier molecular flexibility index (Phi) is 19.3. The molecule has 516 valence electrons. The number of hydrogen-bond acceptors (Lipinski definition) is 4. The smallest absolute Gasteiger partial charge is 0.0620 e. The lowest BCUT2D eigenvalue weighted by atomic mass is 9.81. The van der Waals surface area contributed by atoms with Gasteiger partial charge in [-0.25, -0.2) is 0 Å². The van der Waals surface area contributed by atoms with Crippen LogP contribution in [0.3, 0.4) is 0 Å². The maximum atomic E-state index is 4.23. The second-order valence-corrected chi connectivity index (χ2v) is 33.8. The van der Waals surface area contributed by atoms with Crippen LogP contribution in [0, 0.1) is 0 Å². The molecule has 4 heteroatoms. The van der Waals surface area contributed by atoms with E-state index in [-0.39, 0.29) is 21.7 Å². The number of allylic oxidation sites excluding steroid dienone is 4. The van der Waals surface area contributed by atoms with Crippen LogP contribution in [-0.4, -0.2) is 0 Å². The molecule has 0 radical (unpaired) electrons. The van der Waals surface area contributed by atoms with Gasteiger partial charge in [-0.1, -0.05) is 254 Å². The third-order valence-electron chi connectivity index (χ3n) is 21.1. The van der Waals surface area contributed by atoms with Crippen molar-refractivity contribution in [3.05, 3.63) is 305 Å². The summed E-state index contributed by atoms with van der Waals surface area (Å²) in [7, 11) is 0. The molecule has 0 unspecified atom stereocenters. The van der Waals surface area contributed by atoms with Gasteiger partial charge in [-0.05, 0) is 241 Å². The number of fused-ring (bicyclic) bond motifs is 5. The molecule has 0 N–H and O–H groups in total. The minimum Gasteiger partial charge on any atom is -0.311 e. The number of anilines is 11. The first-order valence-corrected chi connectivity index (χ1v) is 36.9. The first kappa shape index (κ1) is 71.2. The second-order valence-electron chi connectivity index (χ2n) is 33.8. The van der Waals surface area contributed by atoms with Gasteiger partial charge >= 0.3 is 0 Å². The Labute approximate surface area is 606 Å². The molecule has 0 saturated carbocycles. The van der Waals surface area contributed by atoms with Crippen molar-refractivity contribution in [2.24, 2.45) is 0 Å². The number of nitrogens with zero attached hydrogens (tertiary/aromatic N) is 4. The van der Waals surface area contributed by atoms with Crippen molar-refractivity contribution in [2.75, 3.05) is 19.6 Å². The lowest BCUT2D eigenvalue weighted by Crippen LogP contribution is -2.19. The van der Waals surface area contributed by atoms with E-state index in [4.69, 9.17) is 0 Å². The zero-order valence-electron chi connectivity index (χ0n) is 64.3. The molecule has 0 saturated heterocycles. The molecule has 4 nitrogen and oxygen atoms in total. The Morgan fingerprint density at radius 2 is 0.653 bits per heavy atom. The van der Waals surface area contributed by atoms with Crippen LogP contribution >= 0.6 is 0 Å². The van der Waals surface area contributed by atoms with E-state index >= 15 is 0 Å².